The highest BCUT2D eigenvalue weighted by Gasteiger charge is 2.13. The average Bonchev–Trinajstić information content (AvgIpc) is 2.62. The Balaban J connectivity index is 1.86. The Hall–Kier alpha value is -3.15. The van der Waals surface area contributed by atoms with Crippen molar-refractivity contribution in [2.75, 3.05) is 11.9 Å². The van der Waals surface area contributed by atoms with Gasteiger partial charge in [-0.15, -0.1) is 0 Å². The Kier molecular flexibility index (Phi) is 6.71. The lowest BCUT2D eigenvalue weighted by molar-refractivity contribution is -0.124. The molecule has 1 atom stereocenters. The van der Waals surface area contributed by atoms with Gasteiger partial charge in [-0.25, -0.2) is 4.79 Å². The number of hydrogen-bond acceptors (Lipinski definition) is 4. The van der Waals surface area contributed by atoms with Crippen molar-refractivity contribution in [2.45, 2.75) is 33.7 Å². The van der Waals surface area contributed by atoms with Crippen LogP contribution >= 0.6 is 0 Å². The van der Waals surface area contributed by atoms with Crippen molar-refractivity contribution in [1.29, 1.82) is 0 Å². The third-order valence-electron chi connectivity index (χ3n) is 4.18. The van der Waals surface area contributed by atoms with Gasteiger partial charge in [0.1, 0.15) is 0 Å². The fourth-order valence-electron chi connectivity index (χ4n) is 2.51. The second kappa shape index (κ2) is 8.98. The summed E-state index contributed by atoms with van der Waals surface area (Å²) in [6, 6.07) is 12.1. The molecule has 0 spiro atoms. The van der Waals surface area contributed by atoms with E-state index < -0.39 is 5.97 Å². The van der Waals surface area contributed by atoms with E-state index in [9.17, 15) is 14.4 Å². The first-order valence-electron chi connectivity index (χ1n) is 8.67. The number of nitrogens with one attached hydrogen (secondary N) is 2. The van der Waals surface area contributed by atoms with Crippen LogP contribution in [0, 0.1) is 13.8 Å². The van der Waals surface area contributed by atoms with E-state index in [1.807, 2.05) is 39.0 Å². The molecule has 142 valence electrons. The van der Waals surface area contributed by atoms with Gasteiger partial charge in [-0.05, 0) is 61.7 Å². The first-order chi connectivity index (χ1) is 12.8. The van der Waals surface area contributed by atoms with E-state index >= 15 is 0 Å². The van der Waals surface area contributed by atoms with E-state index in [-0.39, 0.29) is 24.5 Å². The standard InChI is InChI=1S/C21H24N2O4/c1-13-5-6-18(11-14(13)2)15(3)22-20(25)12-27-21(26)17-7-9-19(10-8-17)23-16(4)24/h5-11,15H,12H2,1-4H3,(H,22,25)(H,23,24)/t15-/m0/s1. The maximum atomic E-state index is 12.1. The highest BCUT2D eigenvalue weighted by atomic mass is 16.5. The second-order valence-corrected chi connectivity index (χ2v) is 6.47. The Morgan fingerprint density at radius 1 is 1.00 bits per heavy atom. The van der Waals surface area contributed by atoms with Crippen LogP contribution in [0.15, 0.2) is 42.5 Å². The Morgan fingerprint density at radius 3 is 2.26 bits per heavy atom. The topological polar surface area (TPSA) is 84.5 Å². The molecule has 0 saturated carbocycles. The molecule has 6 nitrogen and oxygen atoms in total. The maximum Gasteiger partial charge on any atom is 0.338 e. The summed E-state index contributed by atoms with van der Waals surface area (Å²) >= 11 is 0. The Labute approximate surface area is 158 Å². The van der Waals surface area contributed by atoms with Crippen LogP contribution in [0.4, 0.5) is 5.69 Å². The van der Waals surface area contributed by atoms with Crippen LogP contribution in [0.1, 0.15) is 46.9 Å². The molecule has 0 fully saturated rings. The molecule has 6 heteroatoms. The molecule has 0 unspecified atom stereocenters. The first kappa shape index (κ1) is 20.2. The summed E-state index contributed by atoms with van der Waals surface area (Å²) in [7, 11) is 0. The number of anilines is 1. The lowest BCUT2D eigenvalue weighted by Gasteiger charge is -2.16. The van der Waals surface area contributed by atoms with Crippen molar-refractivity contribution < 1.29 is 19.1 Å². The van der Waals surface area contributed by atoms with Crippen LogP contribution in [-0.2, 0) is 14.3 Å². The summed E-state index contributed by atoms with van der Waals surface area (Å²) in [6.45, 7) is 6.97. The number of hydrogen-bond donors (Lipinski definition) is 2. The molecule has 2 aromatic carbocycles. The predicted molar refractivity (Wildman–Crippen MR) is 104 cm³/mol. The number of carbonyl (C=O) groups is 3. The van der Waals surface area contributed by atoms with Gasteiger partial charge in [0, 0.05) is 12.6 Å². The summed E-state index contributed by atoms with van der Waals surface area (Å²) in [5.41, 5.74) is 4.22. The lowest BCUT2D eigenvalue weighted by atomic mass is 10.0. The van der Waals surface area contributed by atoms with E-state index in [4.69, 9.17) is 4.74 Å². The van der Waals surface area contributed by atoms with Crippen LogP contribution in [0.25, 0.3) is 0 Å². The number of benzene rings is 2. The van der Waals surface area contributed by atoms with Gasteiger partial charge in [-0.1, -0.05) is 18.2 Å². The number of aryl methyl sites for hydroxylation is 2. The number of amides is 2. The van der Waals surface area contributed by atoms with E-state index in [2.05, 4.69) is 10.6 Å². The third kappa shape index (κ3) is 5.95. The van der Waals surface area contributed by atoms with Crippen molar-refractivity contribution in [3.8, 4) is 0 Å². The zero-order chi connectivity index (χ0) is 20.0. The van der Waals surface area contributed by atoms with Crippen molar-refractivity contribution in [3.05, 3.63) is 64.7 Å². The monoisotopic (exact) mass is 368 g/mol. The van der Waals surface area contributed by atoms with Gasteiger partial charge >= 0.3 is 5.97 Å². The fourth-order valence-corrected chi connectivity index (χ4v) is 2.51. The molecule has 0 radical (unpaired) electrons. The van der Waals surface area contributed by atoms with Gasteiger partial charge < -0.3 is 15.4 Å². The van der Waals surface area contributed by atoms with E-state index in [0.29, 0.717) is 11.3 Å². The summed E-state index contributed by atoms with van der Waals surface area (Å²) in [5.74, 6) is -1.16. The molecule has 0 aliphatic heterocycles. The van der Waals surface area contributed by atoms with Crippen LogP contribution in [0.2, 0.25) is 0 Å². The third-order valence-corrected chi connectivity index (χ3v) is 4.18. The minimum Gasteiger partial charge on any atom is -0.452 e. The van der Waals surface area contributed by atoms with Crippen LogP contribution in [0.3, 0.4) is 0 Å². The van der Waals surface area contributed by atoms with E-state index in [0.717, 1.165) is 11.1 Å². The summed E-state index contributed by atoms with van der Waals surface area (Å²) < 4.78 is 5.05. The summed E-state index contributed by atoms with van der Waals surface area (Å²) in [5, 5.41) is 5.43. The molecule has 2 aromatic rings. The molecule has 0 aromatic heterocycles. The van der Waals surface area contributed by atoms with Gasteiger partial charge in [0.15, 0.2) is 6.61 Å². The zero-order valence-electron chi connectivity index (χ0n) is 16.0. The molecule has 0 saturated heterocycles. The fraction of sp³-hybridized carbons (Fsp3) is 0.286. The summed E-state index contributed by atoms with van der Waals surface area (Å²) in [6.07, 6.45) is 0. The molecule has 0 bridgehead atoms. The van der Waals surface area contributed by atoms with E-state index in [1.165, 1.54) is 24.6 Å². The minimum absolute atomic E-state index is 0.188. The molecule has 2 amide bonds. The van der Waals surface area contributed by atoms with Gasteiger partial charge in [0.2, 0.25) is 5.91 Å². The number of carbonyl (C=O) groups excluding carboxylic acids is 3. The SMILES string of the molecule is CC(=O)Nc1ccc(C(=O)OCC(=O)N[C@@H](C)c2ccc(C)c(C)c2)cc1. The normalized spacial score (nSPS) is 11.4. The van der Waals surface area contributed by atoms with Crippen molar-refractivity contribution in [2.24, 2.45) is 0 Å². The molecule has 0 aliphatic rings. The molecule has 27 heavy (non-hydrogen) atoms. The van der Waals surface area contributed by atoms with Crippen molar-refractivity contribution >= 4 is 23.5 Å². The maximum absolute atomic E-state index is 12.1. The number of ether oxygens (including phenoxy) is 1. The number of rotatable bonds is 6. The predicted octanol–water partition coefficient (Wildman–Crippen LogP) is 3.30. The van der Waals surface area contributed by atoms with Crippen LogP contribution in [-0.4, -0.2) is 24.4 Å². The first-order valence-corrected chi connectivity index (χ1v) is 8.67. The van der Waals surface area contributed by atoms with Gasteiger partial charge in [0.25, 0.3) is 5.91 Å². The lowest BCUT2D eigenvalue weighted by Crippen LogP contribution is -2.31. The quantitative estimate of drug-likeness (QED) is 0.766. The molecule has 0 heterocycles. The highest BCUT2D eigenvalue weighted by molar-refractivity contribution is 5.93. The van der Waals surface area contributed by atoms with Gasteiger partial charge in [0.05, 0.1) is 11.6 Å². The minimum atomic E-state index is -0.599. The average molecular weight is 368 g/mol. The number of esters is 1. The van der Waals surface area contributed by atoms with Crippen LogP contribution < -0.4 is 10.6 Å². The molecular weight excluding hydrogens is 344 g/mol. The van der Waals surface area contributed by atoms with Crippen molar-refractivity contribution in [3.63, 3.8) is 0 Å². The Morgan fingerprint density at radius 2 is 1.67 bits per heavy atom. The van der Waals surface area contributed by atoms with Gasteiger partial charge in [-0.2, -0.15) is 0 Å². The molecule has 0 aliphatic carbocycles. The highest BCUT2D eigenvalue weighted by Crippen LogP contribution is 2.16. The smallest absolute Gasteiger partial charge is 0.338 e. The Bertz CT molecular complexity index is 844. The molecule has 2 rings (SSSR count). The molecule has 2 N–H and O–H groups in total. The largest absolute Gasteiger partial charge is 0.452 e. The van der Waals surface area contributed by atoms with Gasteiger partial charge in [-0.3, -0.25) is 9.59 Å². The van der Waals surface area contributed by atoms with E-state index in [1.54, 1.807) is 12.1 Å². The summed E-state index contributed by atoms with van der Waals surface area (Å²) in [4.78, 5) is 35.1. The zero-order valence-corrected chi connectivity index (χ0v) is 16.0. The van der Waals surface area contributed by atoms with Crippen LogP contribution in [0.5, 0.6) is 0 Å². The second-order valence-electron chi connectivity index (χ2n) is 6.47. The van der Waals surface area contributed by atoms with Crippen molar-refractivity contribution in [1.82, 2.24) is 5.32 Å². The molecular formula is C21H24N2O4.